The summed E-state index contributed by atoms with van der Waals surface area (Å²) in [5.41, 5.74) is 1.78. The van der Waals surface area contributed by atoms with Crippen molar-refractivity contribution in [3.05, 3.63) is 70.0 Å². The Kier molecular flexibility index (Phi) is 5.13. The van der Waals surface area contributed by atoms with Crippen LogP contribution in [0.4, 0.5) is 0 Å². The van der Waals surface area contributed by atoms with Gasteiger partial charge in [-0.15, -0.1) is 10.2 Å². The SMILES string of the molecule is Cc1nnc(CN2CCCC2)n1-c1ccc(Br)cc1C(=O)c1ccccn1. The Morgan fingerprint density at radius 2 is 1.96 bits per heavy atom. The van der Waals surface area contributed by atoms with Gasteiger partial charge in [-0.2, -0.15) is 0 Å². The number of ketones is 1. The second-order valence-corrected chi connectivity index (χ2v) is 7.60. The van der Waals surface area contributed by atoms with E-state index in [1.165, 1.54) is 12.8 Å². The normalized spacial score (nSPS) is 14.6. The van der Waals surface area contributed by atoms with Crippen LogP contribution in [-0.2, 0) is 6.54 Å². The monoisotopic (exact) mass is 425 g/mol. The summed E-state index contributed by atoms with van der Waals surface area (Å²) in [6.45, 7) is 4.80. The van der Waals surface area contributed by atoms with Gasteiger partial charge in [0, 0.05) is 16.2 Å². The van der Waals surface area contributed by atoms with Crippen molar-refractivity contribution in [1.82, 2.24) is 24.6 Å². The maximum absolute atomic E-state index is 13.1. The number of aromatic nitrogens is 4. The lowest BCUT2D eigenvalue weighted by Crippen LogP contribution is -2.22. The van der Waals surface area contributed by atoms with Gasteiger partial charge in [0.2, 0.25) is 5.78 Å². The molecule has 3 aromatic rings. The Morgan fingerprint density at radius 3 is 2.70 bits per heavy atom. The van der Waals surface area contributed by atoms with Crippen LogP contribution in [0.15, 0.2) is 47.1 Å². The second kappa shape index (κ2) is 7.70. The van der Waals surface area contributed by atoms with Gasteiger partial charge < -0.3 is 0 Å². The molecule has 0 unspecified atom stereocenters. The first-order chi connectivity index (χ1) is 13.1. The average Bonchev–Trinajstić information content (AvgIpc) is 3.32. The van der Waals surface area contributed by atoms with Crippen molar-refractivity contribution in [3.63, 3.8) is 0 Å². The summed E-state index contributed by atoms with van der Waals surface area (Å²) in [4.78, 5) is 19.7. The predicted octanol–water partition coefficient (Wildman–Crippen LogP) is 3.56. The number of benzene rings is 1. The molecule has 27 heavy (non-hydrogen) atoms. The summed E-state index contributed by atoms with van der Waals surface area (Å²) in [7, 11) is 0. The number of nitrogens with zero attached hydrogens (tertiary/aromatic N) is 5. The lowest BCUT2D eigenvalue weighted by Gasteiger charge is -2.17. The quantitative estimate of drug-likeness (QED) is 0.584. The van der Waals surface area contributed by atoms with Gasteiger partial charge >= 0.3 is 0 Å². The van der Waals surface area contributed by atoms with Gasteiger partial charge in [-0.3, -0.25) is 19.2 Å². The highest BCUT2D eigenvalue weighted by atomic mass is 79.9. The van der Waals surface area contributed by atoms with Crippen molar-refractivity contribution in [3.8, 4) is 5.69 Å². The van der Waals surface area contributed by atoms with Crippen LogP contribution < -0.4 is 0 Å². The molecular formula is C20H20BrN5O. The maximum Gasteiger partial charge on any atom is 0.213 e. The molecule has 0 aliphatic carbocycles. The van der Waals surface area contributed by atoms with Crippen molar-refractivity contribution in [2.75, 3.05) is 13.1 Å². The van der Waals surface area contributed by atoms with E-state index in [-0.39, 0.29) is 5.78 Å². The number of carbonyl (C=O) groups is 1. The second-order valence-electron chi connectivity index (χ2n) is 6.69. The van der Waals surface area contributed by atoms with Gasteiger partial charge in [-0.1, -0.05) is 22.0 Å². The summed E-state index contributed by atoms with van der Waals surface area (Å²) < 4.78 is 2.83. The average molecular weight is 426 g/mol. The molecule has 0 N–H and O–H groups in total. The number of hydrogen-bond acceptors (Lipinski definition) is 5. The van der Waals surface area contributed by atoms with E-state index in [0.29, 0.717) is 11.3 Å². The Labute approximate surface area is 166 Å². The number of rotatable bonds is 5. The number of likely N-dealkylation sites (tertiary alicyclic amines) is 1. The van der Waals surface area contributed by atoms with Crippen molar-refractivity contribution in [2.24, 2.45) is 0 Å². The molecule has 4 rings (SSSR count). The highest BCUT2D eigenvalue weighted by Gasteiger charge is 2.22. The topological polar surface area (TPSA) is 63.9 Å². The zero-order valence-electron chi connectivity index (χ0n) is 15.1. The van der Waals surface area contributed by atoms with Crippen LogP contribution in [0.2, 0.25) is 0 Å². The molecule has 1 saturated heterocycles. The Bertz CT molecular complexity index is 964. The smallest absolute Gasteiger partial charge is 0.213 e. The van der Waals surface area contributed by atoms with E-state index in [4.69, 9.17) is 0 Å². The Morgan fingerprint density at radius 1 is 1.15 bits per heavy atom. The highest BCUT2D eigenvalue weighted by Crippen LogP contribution is 2.25. The minimum Gasteiger partial charge on any atom is -0.296 e. The molecule has 0 atom stereocenters. The standard InChI is InChI=1S/C20H20BrN5O/c1-14-23-24-19(13-25-10-4-5-11-25)26(14)18-8-7-15(21)12-16(18)20(27)17-6-2-3-9-22-17/h2-3,6-9,12H,4-5,10-11,13H2,1H3. The maximum atomic E-state index is 13.1. The number of aryl methyl sites for hydroxylation is 1. The van der Waals surface area contributed by atoms with Gasteiger partial charge in [-0.05, 0) is 63.2 Å². The number of halogens is 1. The molecule has 0 radical (unpaired) electrons. The first-order valence-corrected chi connectivity index (χ1v) is 9.81. The van der Waals surface area contributed by atoms with Crippen LogP contribution in [-0.4, -0.2) is 43.5 Å². The van der Waals surface area contributed by atoms with Crippen molar-refractivity contribution >= 4 is 21.7 Å². The highest BCUT2D eigenvalue weighted by molar-refractivity contribution is 9.10. The van der Waals surface area contributed by atoms with Gasteiger partial charge in [0.25, 0.3) is 0 Å². The van der Waals surface area contributed by atoms with E-state index in [2.05, 4.69) is 36.0 Å². The van der Waals surface area contributed by atoms with Gasteiger partial charge in [0.1, 0.15) is 11.5 Å². The van der Waals surface area contributed by atoms with Crippen LogP contribution in [0.3, 0.4) is 0 Å². The van der Waals surface area contributed by atoms with Crippen LogP contribution in [0, 0.1) is 6.92 Å². The molecular weight excluding hydrogens is 406 g/mol. The summed E-state index contributed by atoms with van der Waals surface area (Å²) in [6.07, 6.45) is 4.07. The molecule has 1 aliphatic heterocycles. The van der Waals surface area contributed by atoms with E-state index in [1.54, 1.807) is 18.3 Å². The molecule has 0 spiro atoms. The number of carbonyl (C=O) groups excluding carboxylic acids is 1. The predicted molar refractivity (Wildman–Crippen MR) is 106 cm³/mol. The minimum absolute atomic E-state index is 0.118. The Balaban J connectivity index is 1.79. The van der Waals surface area contributed by atoms with Gasteiger partial charge in [0.05, 0.1) is 12.2 Å². The first kappa shape index (κ1) is 18.0. The summed E-state index contributed by atoms with van der Waals surface area (Å²) in [5, 5.41) is 8.66. The van der Waals surface area contributed by atoms with Gasteiger partial charge in [-0.25, -0.2) is 0 Å². The van der Waals surface area contributed by atoms with Crippen molar-refractivity contribution in [1.29, 1.82) is 0 Å². The molecule has 1 aromatic carbocycles. The Hall–Kier alpha value is -2.38. The van der Waals surface area contributed by atoms with Gasteiger partial charge in [0.15, 0.2) is 5.82 Å². The molecule has 3 heterocycles. The fraction of sp³-hybridized carbons (Fsp3) is 0.300. The molecule has 1 fully saturated rings. The van der Waals surface area contributed by atoms with Crippen LogP contribution >= 0.6 is 15.9 Å². The number of hydrogen-bond donors (Lipinski definition) is 0. The molecule has 1 aliphatic rings. The fourth-order valence-electron chi connectivity index (χ4n) is 3.48. The van der Waals surface area contributed by atoms with E-state index >= 15 is 0 Å². The van der Waals surface area contributed by atoms with E-state index in [0.717, 1.165) is 41.4 Å². The molecule has 2 aromatic heterocycles. The van der Waals surface area contributed by atoms with E-state index < -0.39 is 0 Å². The molecule has 0 amide bonds. The molecule has 6 nitrogen and oxygen atoms in total. The zero-order chi connectivity index (χ0) is 18.8. The van der Waals surface area contributed by atoms with Crippen LogP contribution in [0.5, 0.6) is 0 Å². The first-order valence-electron chi connectivity index (χ1n) is 9.02. The lowest BCUT2D eigenvalue weighted by molar-refractivity contribution is 0.103. The van der Waals surface area contributed by atoms with E-state index in [9.17, 15) is 4.79 Å². The van der Waals surface area contributed by atoms with Crippen LogP contribution in [0.25, 0.3) is 5.69 Å². The third kappa shape index (κ3) is 3.70. The van der Waals surface area contributed by atoms with Crippen molar-refractivity contribution < 1.29 is 4.79 Å². The largest absolute Gasteiger partial charge is 0.296 e. The third-order valence-corrected chi connectivity index (χ3v) is 5.29. The van der Waals surface area contributed by atoms with E-state index in [1.807, 2.05) is 35.8 Å². The van der Waals surface area contributed by atoms with Crippen molar-refractivity contribution in [2.45, 2.75) is 26.3 Å². The lowest BCUT2D eigenvalue weighted by atomic mass is 10.0. The zero-order valence-corrected chi connectivity index (χ0v) is 16.7. The minimum atomic E-state index is -0.118. The third-order valence-electron chi connectivity index (χ3n) is 4.80. The molecule has 7 heteroatoms. The summed E-state index contributed by atoms with van der Waals surface area (Å²) >= 11 is 3.49. The molecule has 0 saturated carbocycles. The number of pyridine rings is 1. The van der Waals surface area contributed by atoms with Crippen LogP contribution in [0.1, 0.15) is 40.5 Å². The fourth-order valence-corrected chi connectivity index (χ4v) is 3.84. The molecule has 0 bridgehead atoms. The molecule has 138 valence electrons. The summed E-state index contributed by atoms with van der Waals surface area (Å²) in [6, 6.07) is 11.1. The summed E-state index contributed by atoms with van der Waals surface area (Å²) in [5.74, 6) is 1.50.